The molecule has 1 fully saturated rings. The molecule has 0 spiro atoms. The maximum absolute atomic E-state index is 12.6. The summed E-state index contributed by atoms with van der Waals surface area (Å²) in [7, 11) is 0. The summed E-state index contributed by atoms with van der Waals surface area (Å²) in [5.74, 6) is -0.228. The number of thioether (sulfide) groups is 1. The maximum Gasteiger partial charge on any atom is 0.266 e. The average Bonchev–Trinajstić information content (AvgIpc) is 2.85. The number of halogens is 1. The molecule has 1 aromatic carbocycles. The van der Waals surface area contributed by atoms with Crippen LogP contribution in [0.15, 0.2) is 17.0 Å². The topological polar surface area (TPSA) is 78.9 Å². The number of ether oxygens (including phenoxy) is 2. The van der Waals surface area contributed by atoms with E-state index in [9.17, 15) is 14.7 Å². The van der Waals surface area contributed by atoms with Crippen molar-refractivity contribution >= 4 is 57.9 Å². The Morgan fingerprint density at radius 1 is 1.35 bits per heavy atom. The van der Waals surface area contributed by atoms with Crippen LogP contribution < -0.4 is 14.6 Å². The predicted molar refractivity (Wildman–Crippen MR) is 101 cm³/mol. The fraction of sp³-hybridized carbons (Fsp3) is 0.353. The SMILES string of the molecule is O=C([O-])CCCCN1C(=O)/C(=C\c2cc(Cl)c3c(c2)OCCO3)SC1=S. The molecule has 3 rings (SSSR count). The summed E-state index contributed by atoms with van der Waals surface area (Å²) in [4.78, 5) is 25.0. The summed E-state index contributed by atoms with van der Waals surface area (Å²) in [6.45, 7) is 1.28. The van der Waals surface area contributed by atoms with Gasteiger partial charge in [0.1, 0.15) is 17.5 Å². The minimum absolute atomic E-state index is 0.0275. The van der Waals surface area contributed by atoms with Gasteiger partial charge in [0.25, 0.3) is 5.91 Å². The van der Waals surface area contributed by atoms with Gasteiger partial charge in [-0.3, -0.25) is 9.69 Å². The van der Waals surface area contributed by atoms with Gasteiger partial charge in [0.05, 0.1) is 9.93 Å². The number of carbonyl (C=O) groups excluding carboxylic acids is 2. The van der Waals surface area contributed by atoms with Gasteiger partial charge in [0.15, 0.2) is 11.5 Å². The molecule has 138 valence electrons. The third-order valence-corrected chi connectivity index (χ3v) is 5.46. The Labute approximate surface area is 165 Å². The predicted octanol–water partition coefficient (Wildman–Crippen LogP) is 2.23. The van der Waals surface area contributed by atoms with E-state index >= 15 is 0 Å². The van der Waals surface area contributed by atoms with E-state index in [1.165, 1.54) is 16.7 Å². The highest BCUT2D eigenvalue weighted by atomic mass is 35.5. The van der Waals surface area contributed by atoms with Crippen molar-refractivity contribution in [2.45, 2.75) is 19.3 Å². The molecular weight excluding hydrogens is 398 g/mol. The Morgan fingerprint density at radius 2 is 2.12 bits per heavy atom. The van der Waals surface area contributed by atoms with Crippen molar-refractivity contribution in [1.29, 1.82) is 0 Å². The monoisotopic (exact) mass is 412 g/mol. The van der Waals surface area contributed by atoms with E-state index in [4.69, 9.17) is 33.3 Å². The van der Waals surface area contributed by atoms with E-state index in [2.05, 4.69) is 0 Å². The number of hydrogen-bond donors (Lipinski definition) is 0. The van der Waals surface area contributed by atoms with E-state index in [0.717, 1.165) is 5.56 Å². The van der Waals surface area contributed by atoms with Crippen LogP contribution in [0.3, 0.4) is 0 Å². The molecule has 2 aliphatic rings. The number of carboxylic acid groups (broad SMARTS) is 1. The number of carboxylic acids is 1. The van der Waals surface area contributed by atoms with Crippen LogP contribution in [-0.2, 0) is 9.59 Å². The van der Waals surface area contributed by atoms with Crippen molar-refractivity contribution in [1.82, 2.24) is 4.90 Å². The van der Waals surface area contributed by atoms with Gasteiger partial charge in [-0.05, 0) is 43.0 Å². The van der Waals surface area contributed by atoms with Crippen molar-refractivity contribution in [3.05, 3.63) is 27.6 Å². The molecule has 1 aromatic rings. The molecule has 6 nitrogen and oxygen atoms in total. The van der Waals surface area contributed by atoms with Crippen LogP contribution in [-0.4, -0.2) is 40.9 Å². The molecule has 2 aliphatic heterocycles. The summed E-state index contributed by atoms with van der Waals surface area (Å²) in [6, 6.07) is 3.48. The highest BCUT2D eigenvalue weighted by Crippen LogP contribution is 2.40. The number of hydrogen-bond acceptors (Lipinski definition) is 7. The van der Waals surface area contributed by atoms with Crippen molar-refractivity contribution in [2.24, 2.45) is 0 Å². The van der Waals surface area contributed by atoms with Crippen LogP contribution in [0.2, 0.25) is 5.02 Å². The molecule has 2 heterocycles. The molecule has 9 heteroatoms. The second-order valence-electron chi connectivity index (χ2n) is 5.69. The third kappa shape index (κ3) is 4.31. The summed E-state index contributed by atoms with van der Waals surface area (Å²) >= 11 is 12.7. The smallest absolute Gasteiger partial charge is 0.266 e. The minimum atomic E-state index is -1.09. The van der Waals surface area contributed by atoms with E-state index < -0.39 is 5.97 Å². The second-order valence-corrected chi connectivity index (χ2v) is 7.77. The van der Waals surface area contributed by atoms with E-state index in [1.54, 1.807) is 18.2 Å². The first-order valence-electron chi connectivity index (χ1n) is 8.00. The van der Waals surface area contributed by atoms with Gasteiger partial charge in [0, 0.05) is 12.5 Å². The first-order valence-corrected chi connectivity index (χ1v) is 9.60. The van der Waals surface area contributed by atoms with Crippen molar-refractivity contribution in [3.63, 3.8) is 0 Å². The average molecular weight is 413 g/mol. The Bertz CT molecular complexity index is 796. The standard InChI is InChI=1S/C17H16ClNO5S2/c18-11-7-10(8-12-15(11)24-6-5-23-12)9-13-16(22)19(17(25)26-13)4-2-1-3-14(20)21/h7-9H,1-6H2,(H,20,21)/p-1/b13-9+. The van der Waals surface area contributed by atoms with Gasteiger partial charge < -0.3 is 19.4 Å². The van der Waals surface area contributed by atoms with Crippen LogP contribution in [0.25, 0.3) is 6.08 Å². The zero-order valence-corrected chi connectivity index (χ0v) is 16.0. The van der Waals surface area contributed by atoms with Crippen LogP contribution in [0.4, 0.5) is 0 Å². The molecule has 0 aromatic heterocycles. The lowest BCUT2D eigenvalue weighted by atomic mass is 10.1. The van der Waals surface area contributed by atoms with Crippen LogP contribution in [0.5, 0.6) is 11.5 Å². The van der Waals surface area contributed by atoms with Crippen LogP contribution in [0.1, 0.15) is 24.8 Å². The zero-order chi connectivity index (χ0) is 18.7. The number of thiocarbonyl (C=S) groups is 1. The lowest BCUT2D eigenvalue weighted by Gasteiger charge is -2.19. The first-order chi connectivity index (χ1) is 12.5. The molecule has 0 bridgehead atoms. The molecule has 0 radical (unpaired) electrons. The van der Waals surface area contributed by atoms with Gasteiger partial charge in [0.2, 0.25) is 0 Å². The van der Waals surface area contributed by atoms with Crippen molar-refractivity contribution < 1.29 is 24.2 Å². The van der Waals surface area contributed by atoms with Crippen LogP contribution >= 0.6 is 35.6 Å². The van der Waals surface area contributed by atoms with Gasteiger partial charge in [-0.2, -0.15) is 0 Å². The lowest BCUT2D eigenvalue weighted by molar-refractivity contribution is -0.305. The molecule has 0 atom stereocenters. The van der Waals surface area contributed by atoms with Gasteiger partial charge in [-0.1, -0.05) is 35.6 Å². The van der Waals surface area contributed by atoms with Crippen molar-refractivity contribution in [2.75, 3.05) is 19.8 Å². The Kier molecular flexibility index (Phi) is 6.05. The number of rotatable bonds is 6. The van der Waals surface area contributed by atoms with Gasteiger partial charge >= 0.3 is 0 Å². The molecule has 0 N–H and O–H groups in total. The van der Waals surface area contributed by atoms with E-state index in [0.29, 0.717) is 58.3 Å². The maximum atomic E-state index is 12.6. The van der Waals surface area contributed by atoms with Gasteiger partial charge in [-0.15, -0.1) is 0 Å². The quantitative estimate of drug-likeness (QED) is 0.402. The lowest BCUT2D eigenvalue weighted by Crippen LogP contribution is -2.29. The number of nitrogens with zero attached hydrogens (tertiary/aromatic N) is 1. The zero-order valence-electron chi connectivity index (χ0n) is 13.7. The molecule has 0 saturated carbocycles. The normalized spacial score (nSPS) is 17.9. The molecule has 0 aliphatic carbocycles. The number of fused-ring (bicyclic) bond motifs is 1. The highest BCUT2D eigenvalue weighted by molar-refractivity contribution is 8.26. The summed E-state index contributed by atoms with van der Waals surface area (Å²) in [6.07, 6.45) is 2.67. The highest BCUT2D eigenvalue weighted by Gasteiger charge is 2.31. The molecular formula is C17H15ClNO5S2-. The van der Waals surface area contributed by atoms with Gasteiger partial charge in [-0.25, -0.2) is 0 Å². The molecule has 1 amide bonds. The Hall–Kier alpha value is -1.77. The molecule has 0 unspecified atom stereocenters. The fourth-order valence-corrected chi connectivity index (χ4v) is 4.18. The Morgan fingerprint density at radius 3 is 2.88 bits per heavy atom. The second kappa shape index (κ2) is 8.28. The summed E-state index contributed by atoms with van der Waals surface area (Å²) < 4.78 is 11.5. The van der Waals surface area contributed by atoms with E-state index in [-0.39, 0.29) is 12.3 Å². The fourth-order valence-electron chi connectivity index (χ4n) is 2.60. The van der Waals surface area contributed by atoms with Crippen molar-refractivity contribution in [3.8, 4) is 11.5 Å². The summed E-state index contributed by atoms with van der Waals surface area (Å²) in [5, 5.41) is 10.9. The molecule has 1 saturated heterocycles. The van der Waals surface area contributed by atoms with Crippen LogP contribution in [0, 0.1) is 0 Å². The molecule has 26 heavy (non-hydrogen) atoms. The third-order valence-electron chi connectivity index (χ3n) is 3.80. The minimum Gasteiger partial charge on any atom is -0.550 e. The number of aliphatic carboxylic acids is 1. The largest absolute Gasteiger partial charge is 0.550 e. The number of amides is 1. The van der Waals surface area contributed by atoms with E-state index in [1.807, 2.05) is 0 Å². The number of benzene rings is 1. The number of unbranched alkanes of at least 4 members (excludes halogenated alkanes) is 1. The number of carbonyl (C=O) groups is 2. The Balaban J connectivity index is 1.71. The summed E-state index contributed by atoms with van der Waals surface area (Å²) in [5.41, 5.74) is 0.719. The first kappa shape index (κ1) is 19.0.